The van der Waals surface area contributed by atoms with Crippen molar-refractivity contribution in [2.24, 2.45) is 0 Å². The maximum absolute atomic E-state index is 9.34. The second-order valence-corrected chi connectivity index (χ2v) is 4.69. The van der Waals surface area contributed by atoms with Crippen LogP contribution in [0.25, 0.3) is 21.9 Å². The second-order valence-electron chi connectivity index (χ2n) is 4.69. The van der Waals surface area contributed by atoms with Gasteiger partial charge in [0, 0.05) is 5.56 Å². The maximum atomic E-state index is 9.34. The van der Waals surface area contributed by atoms with Gasteiger partial charge in [0.2, 0.25) is 0 Å². The van der Waals surface area contributed by atoms with E-state index < -0.39 is 0 Å². The third-order valence-corrected chi connectivity index (χ3v) is 3.39. The summed E-state index contributed by atoms with van der Waals surface area (Å²) in [5.74, 6) is 0. The van der Waals surface area contributed by atoms with Gasteiger partial charge in [0.15, 0.2) is 0 Å². The van der Waals surface area contributed by atoms with Gasteiger partial charge in [-0.2, -0.15) is 5.26 Å². The molecule has 3 aromatic carbocycles. The van der Waals surface area contributed by atoms with Gasteiger partial charge >= 0.3 is 0 Å². The average molecular weight is 243 g/mol. The molecule has 0 atom stereocenters. The average Bonchev–Trinajstić information content (AvgIpc) is 2.47. The highest BCUT2D eigenvalue weighted by molar-refractivity contribution is 5.99. The summed E-state index contributed by atoms with van der Waals surface area (Å²) in [6, 6.07) is 22.7. The molecule has 1 heteroatoms. The summed E-state index contributed by atoms with van der Waals surface area (Å²) in [7, 11) is 0. The molecular weight excluding hydrogens is 230 g/mol. The number of hydrogen-bond acceptors (Lipinski definition) is 1. The Morgan fingerprint density at radius 3 is 2.32 bits per heavy atom. The number of hydrogen-bond donors (Lipinski definition) is 0. The smallest absolute Gasteiger partial charge is 0.0998 e. The normalized spacial score (nSPS) is 10.3. The van der Waals surface area contributed by atoms with Crippen LogP contribution in [0.2, 0.25) is 0 Å². The molecule has 0 unspecified atom stereocenters. The molecule has 0 aliphatic carbocycles. The fourth-order valence-electron chi connectivity index (χ4n) is 2.40. The van der Waals surface area contributed by atoms with Gasteiger partial charge in [-0.05, 0) is 29.3 Å². The number of nitrogens with zero attached hydrogens (tertiary/aromatic N) is 1. The SMILES string of the molecule is Cc1ccc(-c2c(C#N)ccc3ccccc23)cc1. The van der Waals surface area contributed by atoms with Crippen molar-refractivity contribution in [2.45, 2.75) is 6.92 Å². The Morgan fingerprint density at radius 1 is 0.842 bits per heavy atom. The predicted molar refractivity (Wildman–Crippen MR) is 78.8 cm³/mol. The molecule has 0 aliphatic rings. The Hall–Kier alpha value is -2.59. The van der Waals surface area contributed by atoms with E-state index in [1.54, 1.807) is 0 Å². The molecule has 0 saturated carbocycles. The lowest BCUT2D eigenvalue weighted by Crippen LogP contribution is -1.87. The van der Waals surface area contributed by atoms with Crippen LogP contribution >= 0.6 is 0 Å². The van der Waals surface area contributed by atoms with Crippen LogP contribution < -0.4 is 0 Å². The fraction of sp³-hybridized carbons (Fsp3) is 0.0556. The highest BCUT2D eigenvalue weighted by Gasteiger charge is 2.09. The Kier molecular flexibility index (Phi) is 2.78. The van der Waals surface area contributed by atoms with Crippen molar-refractivity contribution >= 4 is 10.8 Å². The lowest BCUT2D eigenvalue weighted by atomic mass is 9.93. The van der Waals surface area contributed by atoms with E-state index in [-0.39, 0.29) is 0 Å². The molecule has 0 aliphatic heterocycles. The highest BCUT2D eigenvalue weighted by atomic mass is 14.2. The van der Waals surface area contributed by atoms with E-state index in [2.05, 4.69) is 49.4 Å². The van der Waals surface area contributed by atoms with E-state index in [1.165, 1.54) is 5.56 Å². The van der Waals surface area contributed by atoms with Crippen LogP contribution in [0.3, 0.4) is 0 Å². The van der Waals surface area contributed by atoms with Crippen molar-refractivity contribution in [1.82, 2.24) is 0 Å². The summed E-state index contributed by atoms with van der Waals surface area (Å²) < 4.78 is 0. The number of nitriles is 1. The van der Waals surface area contributed by atoms with Crippen molar-refractivity contribution in [3.8, 4) is 17.2 Å². The molecule has 3 rings (SSSR count). The molecule has 0 heterocycles. The van der Waals surface area contributed by atoms with Gasteiger partial charge in [0.25, 0.3) is 0 Å². The lowest BCUT2D eigenvalue weighted by molar-refractivity contribution is 1.46. The summed E-state index contributed by atoms with van der Waals surface area (Å²) in [5, 5.41) is 11.6. The number of rotatable bonds is 1. The van der Waals surface area contributed by atoms with Crippen LogP contribution in [0.5, 0.6) is 0 Å². The number of fused-ring (bicyclic) bond motifs is 1. The Balaban J connectivity index is 2.37. The van der Waals surface area contributed by atoms with Gasteiger partial charge in [-0.1, -0.05) is 60.2 Å². The maximum Gasteiger partial charge on any atom is 0.0998 e. The Morgan fingerprint density at radius 2 is 1.58 bits per heavy atom. The highest BCUT2D eigenvalue weighted by Crippen LogP contribution is 2.31. The zero-order chi connectivity index (χ0) is 13.2. The monoisotopic (exact) mass is 243 g/mol. The van der Waals surface area contributed by atoms with Crippen LogP contribution in [0, 0.1) is 18.3 Å². The molecule has 0 spiro atoms. The van der Waals surface area contributed by atoms with E-state index in [0.29, 0.717) is 0 Å². The Labute approximate surface area is 112 Å². The molecule has 19 heavy (non-hydrogen) atoms. The molecule has 0 N–H and O–H groups in total. The van der Waals surface area contributed by atoms with Gasteiger partial charge in [-0.15, -0.1) is 0 Å². The van der Waals surface area contributed by atoms with E-state index in [4.69, 9.17) is 0 Å². The third kappa shape index (κ3) is 1.98. The zero-order valence-electron chi connectivity index (χ0n) is 10.7. The first-order valence-corrected chi connectivity index (χ1v) is 6.28. The van der Waals surface area contributed by atoms with Crippen molar-refractivity contribution in [3.63, 3.8) is 0 Å². The first-order valence-electron chi connectivity index (χ1n) is 6.28. The van der Waals surface area contributed by atoms with Crippen LogP contribution in [0.4, 0.5) is 0 Å². The molecule has 0 saturated heterocycles. The van der Waals surface area contributed by atoms with Gasteiger partial charge in [-0.25, -0.2) is 0 Å². The topological polar surface area (TPSA) is 23.8 Å². The second kappa shape index (κ2) is 4.59. The van der Waals surface area contributed by atoms with Crippen molar-refractivity contribution in [1.29, 1.82) is 5.26 Å². The molecule has 0 amide bonds. The molecule has 3 aromatic rings. The molecule has 0 radical (unpaired) electrons. The van der Waals surface area contributed by atoms with Gasteiger partial charge in [0.05, 0.1) is 11.6 Å². The van der Waals surface area contributed by atoms with Gasteiger partial charge in [-0.3, -0.25) is 0 Å². The largest absolute Gasteiger partial charge is 0.192 e. The van der Waals surface area contributed by atoms with Crippen LogP contribution in [0.1, 0.15) is 11.1 Å². The van der Waals surface area contributed by atoms with Crippen LogP contribution in [-0.2, 0) is 0 Å². The summed E-state index contributed by atoms with van der Waals surface area (Å²) >= 11 is 0. The van der Waals surface area contributed by atoms with Gasteiger partial charge < -0.3 is 0 Å². The quantitative estimate of drug-likeness (QED) is 0.608. The minimum Gasteiger partial charge on any atom is -0.192 e. The van der Waals surface area contributed by atoms with Crippen molar-refractivity contribution in [2.75, 3.05) is 0 Å². The van der Waals surface area contributed by atoms with E-state index in [1.807, 2.05) is 24.3 Å². The van der Waals surface area contributed by atoms with Crippen molar-refractivity contribution < 1.29 is 0 Å². The summed E-state index contributed by atoms with van der Waals surface area (Å²) in [5.41, 5.74) is 4.07. The van der Waals surface area contributed by atoms with Gasteiger partial charge in [0.1, 0.15) is 0 Å². The fourth-order valence-corrected chi connectivity index (χ4v) is 2.40. The molecule has 0 fully saturated rings. The molecular formula is C18H13N. The van der Waals surface area contributed by atoms with Crippen LogP contribution in [0.15, 0.2) is 60.7 Å². The first-order chi connectivity index (χ1) is 9.29. The van der Waals surface area contributed by atoms with E-state index in [0.717, 1.165) is 27.5 Å². The Bertz CT molecular complexity index is 777. The standard InChI is InChI=1S/C18H13N/c1-13-6-8-15(9-7-13)18-16(12-19)11-10-14-4-2-3-5-17(14)18/h2-11H,1H3. The zero-order valence-corrected chi connectivity index (χ0v) is 10.7. The summed E-state index contributed by atoms with van der Waals surface area (Å²) in [6.07, 6.45) is 0. The minimum absolute atomic E-state index is 0.725. The molecule has 0 bridgehead atoms. The third-order valence-electron chi connectivity index (χ3n) is 3.39. The van der Waals surface area contributed by atoms with Crippen molar-refractivity contribution in [3.05, 3.63) is 71.8 Å². The van der Waals surface area contributed by atoms with E-state index >= 15 is 0 Å². The minimum atomic E-state index is 0.725. The first kappa shape index (κ1) is 11.5. The molecule has 1 nitrogen and oxygen atoms in total. The molecule has 90 valence electrons. The number of aryl methyl sites for hydroxylation is 1. The number of benzene rings is 3. The molecule has 0 aromatic heterocycles. The van der Waals surface area contributed by atoms with Crippen LogP contribution in [-0.4, -0.2) is 0 Å². The van der Waals surface area contributed by atoms with E-state index in [9.17, 15) is 5.26 Å². The predicted octanol–water partition coefficient (Wildman–Crippen LogP) is 4.69. The summed E-state index contributed by atoms with van der Waals surface area (Å²) in [6.45, 7) is 2.07. The summed E-state index contributed by atoms with van der Waals surface area (Å²) in [4.78, 5) is 0. The lowest BCUT2D eigenvalue weighted by Gasteiger charge is -2.09.